The van der Waals surface area contributed by atoms with Crippen LogP contribution < -0.4 is 5.32 Å². The van der Waals surface area contributed by atoms with E-state index in [1.807, 2.05) is 24.8 Å². The van der Waals surface area contributed by atoms with Crippen LogP contribution in [0.15, 0.2) is 16.5 Å². The molecule has 5 heteroatoms. The Kier molecular flexibility index (Phi) is 6.29. The molecule has 1 heterocycles. The predicted octanol–water partition coefficient (Wildman–Crippen LogP) is 2.72. The third kappa shape index (κ3) is 4.38. The minimum Gasteiger partial charge on any atom is -0.463 e. The Labute approximate surface area is 112 Å². The minimum atomic E-state index is -0.441. The second-order valence-electron chi connectivity index (χ2n) is 4.38. The van der Waals surface area contributed by atoms with Gasteiger partial charge in [-0.3, -0.25) is 0 Å². The molecule has 0 amide bonds. The van der Waals surface area contributed by atoms with E-state index in [9.17, 15) is 4.79 Å². The lowest BCUT2D eigenvalue weighted by Crippen LogP contribution is -2.25. The number of carbonyl (C=O) groups is 1. The van der Waals surface area contributed by atoms with Crippen LogP contribution in [0.4, 0.5) is 0 Å². The van der Waals surface area contributed by atoms with Crippen LogP contribution in [0.3, 0.4) is 0 Å². The second kappa shape index (κ2) is 7.48. The molecule has 1 aromatic rings. The van der Waals surface area contributed by atoms with Crippen LogP contribution in [0.2, 0.25) is 0 Å². The molecule has 1 N–H and O–H groups in total. The van der Waals surface area contributed by atoms with Crippen molar-refractivity contribution in [2.45, 2.75) is 19.9 Å². The van der Waals surface area contributed by atoms with Crippen LogP contribution in [0.1, 0.15) is 36.2 Å². The first-order chi connectivity index (χ1) is 8.58. The zero-order valence-electron chi connectivity index (χ0n) is 11.4. The van der Waals surface area contributed by atoms with Crippen LogP contribution in [-0.4, -0.2) is 31.6 Å². The maximum absolute atomic E-state index is 11.3. The number of thioether (sulfide) groups is 1. The van der Waals surface area contributed by atoms with Crippen molar-refractivity contribution in [3.8, 4) is 0 Å². The van der Waals surface area contributed by atoms with E-state index >= 15 is 0 Å². The first-order valence-corrected chi connectivity index (χ1v) is 7.38. The summed E-state index contributed by atoms with van der Waals surface area (Å²) in [6.07, 6.45) is 2.11. The van der Waals surface area contributed by atoms with E-state index < -0.39 is 5.97 Å². The van der Waals surface area contributed by atoms with Gasteiger partial charge in [0.1, 0.15) is 5.76 Å². The highest BCUT2D eigenvalue weighted by molar-refractivity contribution is 7.98. The highest BCUT2D eigenvalue weighted by Gasteiger charge is 2.15. The highest BCUT2D eigenvalue weighted by atomic mass is 32.2. The monoisotopic (exact) mass is 271 g/mol. The molecule has 0 spiro atoms. The third-order valence-electron chi connectivity index (χ3n) is 2.66. The van der Waals surface area contributed by atoms with E-state index in [2.05, 4.69) is 23.2 Å². The number of nitrogens with one attached hydrogen (secondary N) is 1. The molecule has 1 aromatic heterocycles. The standard InChI is InChI=1S/C13H21NO3S/c1-9(8-18-4)7-14-10(2)11-5-6-12(17-11)13(15)16-3/h5-6,9-10,14H,7-8H2,1-4H3. The molecule has 0 saturated carbocycles. The minimum absolute atomic E-state index is 0.0905. The molecule has 0 radical (unpaired) electrons. The molecule has 2 unspecified atom stereocenters. The fourth-order valence-electron chi connectivity index (χ4n) is 1.62. The lowest BCUT2D eigenvalue weighted by atomic mass is 10.2. The molecule has 0 aliphatic heterocycles. The summed E-state index contributed by atoms with van der Waals surface area (Å²) in [5, 5.41) is 3.39. The Morgan fingerprint density at radius 1 is 1.50 bits per heavy atom. The number of rotatable bonds is 7. The molecule has 1 rings (SSSR count). The molecule has 0 aliphatic carbocycles. The smallest absolute Gasteiger partial charge is 0.373 e. The third-order valence-corrected chi connectivity index (χ3v) is 3.57. The number of hydrogen-bond acceptors (Lipinski definition) is 5. The Hall–Kier alpha value is -0.940. The van der Waals surface area contributed by atoms with Crippen molar-refractivity contribution in [3.63, 3.8) is 0 Å². The lowest BCUT2D eigenvalue weighted by Gasteiger charge is -2.15. The molecule has 0 aliphatic rings. The average molecular weight is 271 g/mol. The summed E-state index contributed by atoms with van der Waals surface area (Å²) in [5.74, 6) is 2.30. The molecule has 18 heavy (non-hydrogen) atoms. The van der Waals surface area contributed by atoms with Crippen molar-refractivity contribution in [1.29, 1.82) is 0 Å². The number of furan rings is 1. The van der Waals surface area contributed by atoms with E-state index in [-0.39, 0.29) is 11.8 Å². The second-order valence-corrected chi connectivity index (χ2v) is 5.29. The highest BCUT2D eigenvalue weighted by Crippen LogP contribution is 2.17. The molecule has 0 saturated heterocycles. The summed E-state index contributed by atoms with van der Waals surface area (Å²) in [7, 11) is 1.34. The summed E-state index contributed by atoms with van der Waals surface area (Å²) < 4.78 is 10.1. The first-order valence-electron chi connectivity index (χ1n) is 5.98. The normalized spacial score (nSPS) is 14.2. The zero-order valence-corrected chi connectivity index (χ0v) is 12.2. The van der Waals surface area contributed by atoms with Gasteiger partial charge in [-0.05, 0) is 43.5 Å². The number of ether oxygens (including phenoxy) is 1. The fraction of sp³-hybridized carbons (Fsp3) is 0.615. The molecule has 102 valence electrons. The van der Waals surface area contributed by atoms with Gasteiger partial charge in [-0.15, -0.1) is 0 Å². The van der Waals surface area contributed by atoms with Gasteiger partial charge in [-0.1, -0.05) is 6.92 Å². The van der Waals surface area contributed by atoms with E-state index in [1.54, 1.807) is 6.07 Å². The van der Waals surface area contributed by atoms with Gasteiger partial charge in [0, 0.05) is 0 Å². The molecule has 2 atom stereocenters. The largest absolute Gasteiger partial charge is 0.463 e. The Bertz CT molecular complexity index is 378. The number of hydrogen-bond donors (Lipinski definition) is 1. The van der Waals surface area contributed by atoms with Crippen molar-refractivity contribution in [2.75, 3.05) is 25.7 Å². The summed E-state index contributed by atoms with van der Waals surface area (Å²) in [6, 6.07) is 3.54. The van der Waals surface area contributed by atoms with E-state index in [0.717, 1.165) is 18.1 Å². The van der Waals surface area contributed by atoms with Gasteiger partial charge < -0.3 is 14.5 Å². The van der Waals surface area contributed by atoms with E-state index in [4.69, 9.17) is 4.42 Å². The number of carbonyl (C=O) groups excluding carboxylic acids is 1. The Morgan fingerprint density at radius 3 is 2.83 bits per heavy atom. The molecule has 0 aromatic carbocycles. The molecule has 0 bridgehead atoms. The molecule has 0 fully saturated rings. The fourth-order valence-corrected chi connectivity index (χ4v) is 2.30. The first kappa shape index (κ1) is 15.1. The number of esters is 1. The average Bonchev–Trinajstić information content (AvgIpc) is 2.85. The Morgan fingerprint density at radius 2 is 2.22 bits per heavy atom. The van der Waals surface area contributed by atoms with E-state index in [0.29, 0.717) is 5.92 Å². The maximum atomic E-state index is 11.3. The van der Waals surface area contributed by atoms with Crippen LogP contribution in [0.25, 0.3) is 0 Å². The van der Waals surface area contributed by atoms with Gasteiger partial charge in [-0.25, -0.2) is 4.79 Å². The lowest BCUT2D eigenvalue weighted by molar-refractivity contribution is 0.0562. The van der Waals surface area contributed by atoms with Gasteiger partial charge in [0.2, 0.25) is 5.76 Å². The topological polar surface area (TPSA) is 51.5 Å². The van der Waals surface area contributed by atoms with Gasteiger partial charge in [-0.2, -0.15) is 11.8 Å². The van der Waals surface area contributed by atoms with Gasteiger partial charge in [0.25, 0.3) is 0 Å². The molecule has 4 nitrogen and oxygen atoms in total. The maximum Gasteiger partial charge on any atom is 0.373 e. The molecular formula is C13H21NO3S. The van der Waals surface area contributed by atoms with Gasteiger partial charge in [0.15, 0.2) is 0 Å². The van der Waals surface area contributed by atoms with Crippen molar-refractivity contribution in [1.82, 2.24) is 5.32 Å². The van der Waals surface area contributed by atoms with Crippen molar-refractivity contribution in [2.24, 2.45) is 5.92 Å². The Balaban J connectivity index is 2.49. The van der Waals surface area contributed by atoms with Crippen LogP contribution >= 0.6 is 11.8 Å². The molecular weight excluding hydrogens is 250 g/mol. The van der Waals surface area contributed by atoms with Crippen molar-refractivity contribution in [3.05, 3.63) is 23.7 Å². The SMILES string of the molecule is COC(=O)c1ccc(C(C)NCC(C)CSC)o1. The summed E-state index contributed by atoms with van der Waals surface area (Å²) in [5.41, 5.74) is 0. The van der Waals surface area contributed by atoms with Crippen LogP contribution in [0.5, 0.6) is 0 Å². The van der Waals surface area contributed by atoms with Crippen LogP contribution in [-0.2, 0) is 4.74 Å². The van der Waals surface area contributed by atoms with Gasteiger partial charge in [0.05, 0.1) is 13.2 Å². The number of methoxy groups -OCH3 is 1. The van der Waals surface area contributed by atoms with Gasteiger partial charge >= 0.3 is 5.97 Å². The summed E-state index contributed by atoms with van der Waals surface area (Å²) in [4.78, 5) is 11.3. The summed E-state index contributed by atoms with van der Waals surface area (Å²) >= 11 is 1.84. The van der Waals surface area contributed by atoms with Crippen LogP contribution in [0, 0.1) is 5.92 Å². The van der Waals surface area contributed by atoms with Crippen molar-refractivity contribution >= 4 is 17.7 Å². The van der Waals surface area contributed by atoms with E-state index in [1.165, 1.54) is 7.11 Å². The summed E-state index contributed by atoms with van der Waals surface area (Å²) in [6.45, 7) is 5.15. The van der Waals surface area contributed by atoms with Crippen molar-refractivity contribution < 1.29 is 13.9 Å². The predicted molar refractivity (Wildman–Crippen MR) is 74.0 cm³/mol. The zero-order chi connectivity index (χ0) is 13.5. The quantitative estimate of drug-likeness (QED) is 0.773.